The standard InChI is InChI=1S/C35H53ClN4O4/c1-23(2)32(41)40(27-13-7-24(3)8-14-27)28-19-31(34(43)37-15-17-44-18-16-37)39(20-28)33(42)30-22-38(35(4,5)6)21-29(30)25-9-11-26(36)12-10-25/h9-12,23-24,27-31H,7-8,13-22H2,1-6H3/t24?,27?,28-,29-,30+,31-/m0/s1. The van der Waals surface area contributed by atoms with Crippen LogP contribution in [0.3, 0.4) is 0 Å². The summed E-state index contributed by atoms with van der Waals surface area (Å²) >= 11 is 6.25. The molecule has 1 saturated carbocycles. The zero-order chi connectivity index (χ0) is 31.8. The number of hydrogen-bond donors (Lipinski definition) is 0. The minimum absolute atomic E-state index is 0.00733. The van der Waals surface area contributed by atoms with Gasteiger partial charge >= 0.3 is 0 Å². The molecule has 3 aliphatic heterocycles. The van der Waals surface area contributed by atoms with Crippen LogP contribution in [0, 0.1) is 17.8 Å². The summed E-state index contributed by atoms with van der Waals surface area (Å²) in [4.78, 5) is 51.1. The van der Waals surface area contributed by atoms with E-state index in [0.29, 0.717) is 56.8 Å². The number of likely N-dealkylation sites (tertiary alicyclic amines) is 2. The van der Waals surface area contributed by atoms with Crippen molar-refractivity contribution >= 4 is 29.3 Å². The molecule has 4 atom stereocenters. The number of hydrogen-bond acceptors (Lipinski definition) is 5. The molecular formula is C35H53ClN4O4. The van der Waals surface area contributed by atoms with Crippen molar-refractivity contribution in [2.24, 2.45) is 17.8 Å². The molecule has 4 fully saturated rings. The van der Waals surface area contributed by atoms with Crippen LogP contribution in [0.15, 0.2) is 24.3 Å². The molecular weight excluding hydrogens is 576 g/mol. The maximum Gasteiger partial charge on any atom is 0.245 e. The minimum Gasteiger partial charge on any atom is -0.378 e. The Morgan fingerprint density at radius 3 is 2.14 bits per heavy atom. The highest BCUT2D eigenvalue weighted by Crippen LogP contribution is 2.40. The minimum atomic E-state index is -0.579. The van der Waals surface area contributed by atoms with Crippen LogP contribution in [0.5, 0.6) is 0 Å². The monoisotopic (exact) mass is 628 g/mol. The van der Waals surface area contributed by atoms with Gasteiger partial charge in [-0.05, 0) is 76.5 Å². The van der Waals surface area contributed by atoms with Gasteiger partial charge in [0.25, 0.3) is 0 Å². The molecule has 0 bridgehead atoms. The summed E-state index contributed by atoms with van der Waals surface area (Å²) in [6, 6.07) is 7.28. The second kappa shape index (κ2) is 13.7. The molecule has 9 heteroatoms. The average Bonchev–Trinajstić information content (AvgIpc) is 3.64. The van der Waals surface area contributed by atoms with Crippen molar-refractivity contribution in [2.45, 2.75) is 103 Å². The molecule has 0 N–H and O–H groups in total. The highest BCUT2D eigenvalue weighted by Gasteiger charge is 2.51. The molecule has 0 radical (unpaired) electrons. The Morgan fingerprint density at radius 1 is 0.909 bits per heavy atom. The van der Waals surface area contributed by atoms with Crippen LogP contribution in [-0.2, 0) is 19.1 Å². The largest absolute Gasteiger partial charge is 0.378 e. The van der Waals surface area contributed by atoms with Crippen LogP contribution in [0.2, 0.25) is 5.02 Å². The van der Waals surface area contributed by atoms with Gasteiger partial charge in [-0.3, -0.25) is 19.3 Å². The predicted molar refractivity (Wildman–Crippen MR) is 173 cm³/mol. The van der Waals surface area contributed by atoms with Gasteiger partial charge in [0.05, 0.1) is 25.2 Å². The molecule has 3 amide bonds. The number of nitrogens with zero attached hydrogens (tertiary/aromatic N) is 4. The van der Waals surface area contributed by atoms with E-state index in [1.807, 2.05) is 47.9 Å². The van der Waals surface area contributed by atoms with E-state index in [1.165, 1.54) is 0 Å². The van der Waals surface area contributed by atoms with Crippen LogP contribution in [-0.4, -0.2) is 107 Å². The first-order chi connectivity index (χ1) is 20.8. The molecule has 0 aromatic heterocycles. The Kier molecular flexibility index (Phi) is 10.3. The summed E-state index contributed by atoms with van der Waals surface area (Å²) in [5, 5.41) is 0.674. The highest BCUT2D eigenvalue weighted by molar-refractivity contribution is 6.30. The first kappa shape index (κ1) is 33.2. The van der Waals surface area contributed by atoms with Crippen molar-refractivity contribution < 1.29 is 19.1 Å². The van der Waals surface area contributed by atoms with Crippen molar-refractivity contribution in [3.8, 4) is 0 Å². The molecule has 3 heterocycles. The van der Waals surface area contributed by atoms with Crippen molar-refractivity contribution in [3.63, 3.8) is 0 Å². The van der Waals surface area contributed by atoms with E-state index in [9.17, 15) is 14.4 Å². The zero-order valence-electron chi connectivity index (χ0n) is 27.6. The van der Waals surface area contributed by atoms with Crippen LogP contribution >= 0.6 is 11.6 Å². The Hall–Kier alpha value is -2.16. The molecule has 1 aromatic rings. The van der Waals surface area contributed by atoms with Crippen LogP contribution in [0.4, 0.5) is 0 Å². The van der Waals surface area contributed by atoms with Gasteiger partial charge < -0.3 is 19.4 Å². The van der Waals surface area contributed by atoms with Gasteiger partial charge in [0.2, 0.25) is 17.7 Å². The van der Waals surface area contributed by atoms with Crippen LogP contribution in [0.1, 0.15) is 85.1 Å². The number of amides is 3. The van der Waals surface area contributed by atoms with Crippen LogP contribution < -0.4 is 0 Å². The molecule has 4 aliphatic rings. The number of carbonyl (C=O) groups excluding carboxylic acids is 3. The first-order valence-corrected chi connectivity index (χ1v) is 17.2. The van der Waals surface area contributed by atoms with Crippen molar-refractivity contribution in [1.29, 1.82) is 0 Å². The Morgan fingerprint density at radius 2 is 1.55 bits per heavy atom. The predicted octanol–water partition coefficient (Wildman–Crippen LogP) is 5.05. The van der Waals surface area contributed by atoms with Crippen molar-refractivity contribution in [1.82, 2.24) is 19.6 Å². The lowest BCUT2D eigenvalue weighted by atomic mass is 9.85. The second-order valence-corrected chi connectivity index (χ2v) is 15.4. The number of ether oxygens (including phenoxy) is 1. The van der Waals surface area contributed by atoms with E-state index in [0.717, 1.165) is 37.8 Å². The summed E-state index contributed by atoms with van der Waals surface area (Å²) in [5.74, 6) is 0.381. The van der Waals surface area contributed by atoms with Crippen molar-refractivity contribution in [3.05, 3.63) is 34.9 Å². The zero-order valence-corrected chi connectivity index (χ0v) is 28.4. The normalized spacial score (nSPS) is 30.2. The topological polar surface area (TPSA) is 73.4 Å². The number of carbonyl (C=O) groups is 3. The van der Waals surface area contributed by atoms with Gasteiger partial charge in [-0.15, -0.1) is 0 Å². The Balaban J connectivity index is 1.48. The van der Waals surface area contributed by atoms with E-state index in [4.69, 9.17) is 16.3 Å². The van der Waals surface area contributed by atoms with Gasteiger partial charge in [0.1, 0.15) is 6.04 Å². The molecule has 1 aromatic carbocycles. The molecule has 0 unspecified atom stereocenters. The molecule has 1 aliphatic carbocycles. The van der Waals surface area contributed by atoms with Gasteiger partial charge in [0.15, 0.2) is 0 Å². The van der Waals surface area contributed by atoms with E-state index in [1.54, 1.807) is 0 Å². The summed E-state index contributed by atoms with van der Waals surface area (Å²) in [6.07, 6.45) is 4.66. The third-order valence-corrected chi connectivity index (χ3v) is 10.8. The second-order valence-electron chi connectivity index (χ2n) is 15.0. The lowest BCUT2D eigenvalue weighted by Crippen LogP contribution is -2.53. The summed E-state index contributed by atoms with van der Waals surface area (Å²) in [5.41, 5.74) is 0.994. The number of morpholine rings is 1. The maximum atomic E-state index is 14.8. The lowest BCUT2D eigenvalue weighted by molar-refractivity contribution is -0.148. The van der Waals surface area contributed by atoms with E-state index < -0.39 is 6.04 Å². The fourth-order valence-electron chi connectivity index (χ4n) is 7.83. The third-order valence-electron chi connectivity index (χ3n) is 10.6. The highest BCUT2D eigenvalue weighted by atomic mass is 35.5. The summed E-state index contributed by atoms with van der Waals surface area (Å²) in [6.45, 7) is 16.7. The fourth-order valence-corrected chi connectivity index (χ4v) is 7.95. The van der Waals surface area contributed by atoms with Gasteiger partial charge in [0, 0.05) is 61.2 Å². The average molecular weight is 629 g/mol. The molecule has 5 rings (SSSR count). The lowest BCUT2D eigenvalue weighted by Gasteiger charge is -2.41. The van der Waals surface area contributed by atoms with Crippen LogP contribution in [0.25, 0.3) is 0 Å². The molecule has 0 spiro atoms. The third kappa shape index (κ3) is 7.13. The van der Waals surface area contributed by atoms with Crippen molar-refractivity contribution in [2.75, 3.05) is 45.9 Å². The van der Waals surface area contributed by atoms with E-state index >= 15 is 0 Å². The Bertz CT molecular complexity index is 1170. The van der Waals surface area contributed by atoms with Gasteiger partial charge in [-0.2, -0.15) is 0 Å². The molecule has 44 heavy (non-hydrogen) atoms. The smallest absolute Gasteiger partial charge is 0.245 e. The maximum absolute atomic E-state index is 14.8. The molecule has 244 valence electrons. The number of rotatable bonds is 6. The summed E-state index contributed by atoms with van der Waals surface area (Å²) < 4.78 is 5.55. The first-order valence-electron chi connectivity index (χ1n) is 16.8. The number of benzene rings is 1. The SMILES string of the molecule is CC1CCC(N(C(=O)C(C)C)[C@H]2C[C@@H](C(=O)N3CCOCC3)N(C(=O)[C@@H]3CN(C(C)(C)C)C[C@H]3c3ccc(Cl)cc3)C2)CC1. The fraction of sp³-hybridized carbons (Fsp3) is 0.743. The van der Waals surface area contributed by atoms with E-state index in [-0.39, 0.29) is 53.1 Å². The summed E-state index contributed by atoms with van der Waals surface area (Å²) in [7, 11) is 0. The van der Waals surface area contributed by atoms with E-state index in [2.05, 4.69) is 37.5 Å². The molecule has 8 nitrogen and oxygen atoms in total. The van der Waals surface area contributed by atoms with Gasteiger partial charge in [-0.1, -0.05) is 44.5 Å². The number of halogens is 1. The Labute approximate surface area is 269 Å². The molecule has 3 saturated heterocycles. The van der Waals surface area contributed by atoms with Gasteiger partial charge in [-0.25, -0.2) is 0 Å². The quantitative estimate of drug-likeness (QED) is 0.441.